The van der Waals surface area contributed by atoms with Crippen LogP contribution in [0.3, 0.4) is 0 Å². The van der Waals surface area contributed by atoms with E-state index in [9.17, 15) is 0 Å². The lowest BCUT2D eigenvalue weighted by molar-refractivity contribution is 0.664. The lowest BCUT2D eigenvalue weighted by Gasteiger charge is -2.11. The van der Waals surface area contributed by atoms with Crippen LogP contribution >= 0.6 is 0 Å². The van der Waals surface area contributed by atoms with E-state index in [0.717, 1.165) is 23.4 Å². The molecule has 3 nitrogen and oxygen atoms in total. The number of nitrogens with two attached hydrogens (primary N) is 1. The van der Waals surface area contributed by atoms with Crippen molar-refractivity contribution in [2.24, 2.45) is 5.73 Å². The van der Waals surface area contributed by atoms with Crippen molar-refractivity contribution in [3.05, 3.63) is 65.5 Å². The number of hydrogen-bond acceptors (Lipinski definition) is 2. The Kier molecular flexibility index (Phi) is 3.28. The zero-order valence-corrected chi connectivity index (χ0v) is 11.9. The summed E-state index contributed by atoms with van der Waals surface area (Å²) in [5, 5.41) is 0. The van der Waals surface area contributed by atoms with Crippen molar-refractivity contribution in [1.82, 2.24) is 9.55 Å². The van der Waals surface area contributed by atoms with Gasteiger partial charge in [0.25, 0.3) is 0 Å². The molecule has 0 fully saturated rings. The summed E-state index contributed by atoms with van der Waals surface area (Å²) < 4.78 is 2.21. The van der Waals surface area contributed by atoms with Crippen LogP contribution in [0.4, 0.5) is 0 Å². The minimum Gasteiger partial charge on any atom is -0.322 e. The molecule has 20 heavy (non-hydrogen) atoms. The van der Waals surface area contributed by atoms with E-state index in [2.05, 4.69) is 46.8 Å². The largest absolute Gasteiger partial charge is 0.322 e. The summed E-state index contributed by atoms with van der Waals surface area (Å²) in [6.45, 7) is 4.88. The third-order valence-corrected chi connectivity index (χ3v) is 3.55. The number of benzene rings is 2. The van der Waals surface area contributed by atoms with Gasteiger partial charge in [0.15, 0.2) is 0 Å². The van der Waals surface area contributed by atoms with E-state index in [1.807, 2.05) is 25.1 Å². The third kappa shape index (κ3) is 2.32. The normalized spacial score (nSPS) is 12.8. The molecule has 3 rings (SSSR count). The number of para-hydroxylation sites is 2. The van der Waals surface area contributed by atoms with Crippen LogP contribution in [0, 0.1) is 6.92 Å². The summed E-state index contributed by atoms with van der Waals surface area (Å²) in [4.78, 5) is 4.66. The van der Waals surface area contributed by atoms with Crippen LogP contribution in [0.1, 0.15) is 29.9 Å². The van der Waals surface area contributed by atoms with Gasteiger partial charge in [0.1, 0.15) is 5.82 Å². The maximum absolute atomic E-state index is 6.07. The third-order valence-electron chi connectivity index (χ3n) is 3.55. The predicted octanol–water partition coefficient (Wildman–Crippen LogP) is 3.41. The molecule has 0 aliphatic heterocycles. The number of aromatic nitrogens is 2. The molecule has 3 aromatic rings. The van der Waals surface area contributed by atoms with Gasteiger partial charge in [0.2, 0.25) is 0 Å². The van der Waals surface area contributed by atoms with E-state index < -0.39 is 0 Å². The van der Waals surface area contributed by atoms with Crippen molar-refractivity contribution in [3.63, 3.8) is 0 Å². The van der Waals surface area contributed by atoms with Gasteiger partial charge in [-0.25, -0.2) is 4.98 Å². The van der Waals surface area contributed by atoms with Gasteiger partial charge in [0, 0.05) is 6.54 Å². The highest BCUT2D eigenvalue weighted by Crippen LogP contribution is 2.21. The van der Waals surface area contributed by atoms with E-state index in [1.54, 1.807) is 0 Å². The molecule has 0 aliphatic rings. The molecular weight excluding hydrogens is 246 g/mol. The highest BCUT2D eigenvalue weighted by Gasteiger charge is 2.13. The Morgan fingerprint density at radius 3 is 2.50 bits per heavy atom. The molecule has 0 saturated heterocycles. The van der Waals surface area contributed by atoms with Crippen LogP contribution in [0.15, 0.2) is 48.5 Å². The number of aryl methyl sites for hydroxylation is 1. The van der Waals surface area contributed by atoms with Crippen molar-refractivity contribution in [2.75, 3.05) is 0 Å². The standard InChI is InChI=1S/C17H19N3/c1-12-7-9-14(10-8-12)11-20-16-6-4-3-5-15(16)19-17(20)13(2)18/h3-10,13H,11,18H2,1-2H3. The topological polar surface area (TPSA) is 43.8 Å². The fourth-order valence-corrected chi connectivity index (χ4v) is 2.48. The highest BCUT2D eigenvalue weighted by atomic mass is 15.1. The molecule has 102 valence electrons. The van der Waals surface area contributed by atoms with Crippen LogP contribution in [0.5, 0.6) is 0 Å². The van der Waals surface area contributed by atoms with Crippen LogP contribution in [0.2, 0.25) is 0 Å². The van der Waals surface area contributed by atoms with Gasteiger partial charge < -0.3 is 10.3 Å². The van der Waals surface area contributed by atoms with Crippen molar-refractivity contribution in [2.45, 2.75) is 26.4 Å². The summed E-state index contributed by atoms with van der Waals surface area (Å²) in [5.74, 6) is 0.937. The summed E-state index contributed by atoms with van der Waals surface area (Å²) in [7, 11) is 0. The molecule has 1 aromatic heterocycles. The van der Waals surface area contributed by atoms with Crippen molar-refractivity contribution >= 4 is 11.0 Å². The molecule has 0 spiro atoms. The first-order chi connectivity index (χ1) is 9.65. The van der Waals surface area contributed by atoms with E-state index in [1.165, 1.54) is 11.1 Å². The van der Waals surface area contributed by atoms with E-state index in [-0.39, 0.29) is 6.04 Å². The quantitative estimate of drug-likeness (QED) is 0.788. The SMILES string of the molecule is Cc1ccc(Cn2c(C(C)N)nc3ccccc32)cc1. The number of hydrogen-bond donors (Lipinski definition) is 1. The Morgan fingerprint density at radius 1 is 1.10 bits per heavy atom. The molecule has 3 heteroatoms. The minimum absolute atomic E-state index is 0.0761. The average molecular weight is 265 g/mol. The smallest absolute Gasteiger partial charge is 0.126 e. The van der Waals surface area contributed by atoms with Gasteiger partial charge in [-0.15, -0.1) is 0 Å². The lowest BCUT2D eigenvalue weighted by atomic mass is 10.1. The van der Waals surface area contributed by atoms with E-state index >= 15 is 0 Å². The minimum atomic E-state index is -0.0761. The van der Waals surface area contributed by atoms with Gasteiger partial charge in [-0.05, 0) is 31.5 Å². The van der Waals surface area contributed by atoms with Crippen LogP contribution in [-0.2, 0) is 6.54 Å². The zero-order valence-electron chi connectivity index (χ0n) is 11.9. The summed E-state index contributed by atoms with van der Waals surface area (Å²) in [6.07, 6.45) is 0. The second kappa shape index (κ2) is 5.10. The molecule has 2 N–H and O–H groups in total. The molecule has 1 heterocycles. The van der Waals surface area contributed by atoms with Crippen LogP contribution in [0.25, 0.3) is 11.0 Å². The predicted molar refractivity (Wildman–Crippen MR) is 82.6 cm³/mol. The molecule has 0 bridgehead atoms. The Balaban J connectivity index is 2.09. The van der Waals surface area contributed by atoms with Crippen LogP contribution in [-0.4, -0.2) is 9.55 Å². The first kappa shape index (κ1) is 12.9. The molecule has 0 saturated carbocycles. The highest BCUT2D eigenvalue weighted by molar-refractivity contribution is 5.76. The fraction of sp³-hybridized carbons (Fsp3) is 0.235. The van der Waals surface area contributed by atoms with E-state index in [0.29, 0.717) is 0 Å². The fourth-order valence-electron chi connectivity index (χ4n) is 2.48. The molecule has 2 aromatic carbocycles. The maximum Gasteiger partial charge on any atom is 0.126 e. The number of imidazole rings is 1. The van der Waals surface area contributed by atoms with Crippen LogP contribution < -0.4 is 5.73 Å². The number of fused-ring (bicyclic) bond motifs is 1. The van der Waals surface area contributed by atoms with Crippen molar-refractivity contribution in [1.29, 1.82) is 0 Å². The van der Waals surface area contributed by atoms with Crippen molar-refractivity contribution in [3.8, 4) is 0 Å². The van der Waals surface area contributed by atoms with Gasteiger partial charge in [0.05, 0.1) is 17.1 Å². The first-order valence-electron chi connectivity index (χ1n) is 6.91. The van der Waals surface area contributed by atoms with E-state index in [4.69, 9.17) is 5.73 Å². The molecule has 0 radical (unpaired) electrons. The average Bonchev–Trinajstić information content (AvgIpc) is 2.81. The molecule has 0 aliphatic carbocycles. The van der Waals surface area contributed by atoms with Gasteiger partial charge >= 0.3 is 0 Å². The van der Waals surface area contributed by atoms with Gasteiger partial charge in [-0.1, -0.05) is 42.0 Å². The molecule has 1 unspecified atom stereocenters. The molecule has 1 atom stereocenters. The lowest BCUT2D eigenvalue weighted by Crippen LogP contribution is -2.14. The van der Waals surface area contributed by atoms with Crippen molar-refractivity contribution < 1.29 is 0 Å². The number of rotatable bonds is 3. The monoisotopic (exact) mass is 265 g/mol. The Hall–Kier alpha value is -2.13. The molecular formula is C17H19N3. The first-order valence-corrected chi connectivity index (χ1v) is 6.91. The second-order valence-corrected chi connectivity index (χ2v) is 5.32. The van der Waals surface area contributed by atoms with Gasteiger partial charge in [-0.3, -0.25) is 0 Å². The maximum atomic E-state index is 6.07. The Morgan fingerprint density at radius 2 is 1.80 bits per heavy atom. The zero-order chi connectivity index (χ0) is 14.1. The summed E-state index contributed by atoms with van der Waals surface area (Å²) in [5.41, 5.74) is 10.8. The number of nitrogens with zero attached hydrogens (tertiary/aromatic N) is 2. The summed E-state index contributed by atoms with van der Waals surface area (Å²) >= 11 is 0. The van der Waals surface area contributed by atoms with Gasteiger partial charge in [-0.2, -0.15) is 0 Å². The molecule has 0 amide bonds. The summed E-state index contributed by atoms with van der Waals surface area (Å²) in [6, 6.07) is 16.7. The second-order valence-electron chi connectivity index (χ2n) is 5.32. The Labute approximate surface area is 119 Å². The Bertz CT molecular complexity index is 724.